The van der Waals surface area contributed by atoms with E-state index in [4.69, 9.17) is 9.47 Å². The molecule has 0 unspecified atom stereocenters. The van der Waals surface area contributed by atoms with E-state index in [0.29, 0.717) is 29.6 Å². The Bertz CT molecular complexity index is 721. The molecule has 4 heteroatoms. The molecule has 0 aromatic heterocycles. The highest BCUT2D eigenvalue weighted by Crippen LogP contribution is 2.33. The number of nitrogens with one attached hydrogen (secondary N) is 1. The van der Waals surface area contributed by atoms with Crippen LogP contribution in [0.2, 0.25) is 0 Å². The van der Waals surface area contributed by atoms with Crippen molar-refractivity contribution in [3.63, 3.8) is 0 Å². The lowest BCUT2D eigenvalue weighted by molar-refractivity contribution is 0.0925. The minimum Gasteiger partial charge on any atom is -0.493 e. The van der Waals surface area contributed by atoms with Crippen molar-refractivity contribution in [1.82, 2.24) is 5.32 Å². The van der Waals surface area contributed by atoms with Gasteiger partial charge in [0.15, 0.2) is 11.5 Å². The van der Waals surface area contributed by atoms with Gasteiger partial charge in [0.05, 0.1) is 13.7 Å². The molecule has 0 heterocycles. The van der Waals surface area contributed by atoms with E-state index in [1.165, 1.54) is 5.56 Å². The van der Waals surface area contributed by atoms with Gasteiger partial charge in [-0.05, 0) is 62.3 Å². The first-order valence-corrected chi connectivity index (χ1v) is 9.38. The maximum absolute atomic E-state index is 12.6. The first kappa shape index (κ1) is 18.3. The van der Waals surface area contributed by atoms with Gasteiger partial charge in [-0.1, -0.05) is 30.3 Å². The summed E-state index contributed by atoms with van der Waals surface area (Å²) >= 11 is 0. The molecule has 0 radical (unpaired) electrons. The number of methoxy groups -OCH3 is 1. The van der Waals surface area contributed by atoms with Crippen molar-refractivity contribution in [3.8, 4) is 11.5 Å². The van der Waals surface area contributed by atoms with Crippen LogP contribution in [0.5, 0.6) is 11.5 Å². The van der Waals surface area contributed by atoms with Crippen molar-refractivity contribution in [1.29, 1.82) is 0 Å². The number of hydrogen-bond acceptors (Lipinski definition) is 3. The predicted octanol–water partition coefficient (Wildman–Crippen LogP) is 4.55. The summed E-state index contributed by atoms with van der Waals surface area (Å²) in [5.74, 6) is 1.81. The minimum absolute atomic E-state index is 0.0468. The molecule has 0 aliphatic heterocycles. The summed E-state index contributed by atoms with van der Waals surface area (Å²) in [7, 11) is 1.59. The molecular formula is C22H27NO3. The fourth-order valence-electron chi connectivity index (χ4n) is 3.65. The maximum Gasteiger partial charge on any atom is 0.251 e. The van der Waals surface area contributed by atoms with Gasteiger partial charge in [0.25, 0.3) is 5.91 Å². The summed E-state index contributed by atoms with van der Waals surface area (Å²) in [4.78, 5) is 12.6. The Balaban J connectivity index is 1.57. The molecule has 1 N–H and O–H groups in total. The fraction of sp³-hybridized carbons (Fsp3) is 0.409. The Kier molecular flexibility index (Phi) is 6.16. The molecule has 1 amide bonds. The molecular weight excluding hydrogens is 326 g/mol. The Hall–Kier alpha value is -2.49. The number of rotatable bonds is 6. The summed E-state index contributed by atoms with van der Waals surface area (Å²) in [6, 6.07) is 16.2. The molecule has 4 nitrogen and oxygen atoms in total. The second kappa shape index (κ2) is 8.75. The third-order valence-corrected chi connectivity index (χ3v) is 5.06. The van der Waals surface area contributed by atoms with Crippen LogP contribution in [0, 0.1) is 0 Å². The molecule has 2 aromatic carbocycles. The van der Waals surface area contributed by atoms with Gasteiger partial charge in [-0.25, -0.2) is 0 Å². The van der Waals surface area contributed by atoms with Crippen LogP contribution in [0.25, 0.3) is 0 Å². The van der Waals surface area contributed by atoms with E-state index < -0.39 is 0 Å². The van der Waals surface area contributed by atoms with E-state index in [9.17, 15) is 4.79 Å². The summed E-state index contributed by atoms with van der Waals surface area (Å²) in [6.07, 6.45) is 4.25. The van der Waals surface area contributed by atoms with Gasteiger partial charge in [-0.2, -0.15) is 0 Å². The molecule has 1 saturated carbocycles. The highest BCUT2D eigenvalue weighted by atomic mass is 16.5. The van der Waals surface area contributed by atoms with Gasteiger partial charge in [0.1, 0.15) is 0 Å². The quantitative estimate of drug-likeness (QED) is 0.829. The van der Waals surface area contributed by atoms with E-state index in [0.717, 1.165) is 25.7 Å². The van der Waals surface area contributed by atoms with Crippen molar-refractivity contribution >= 4 is 5.91 Å². The zero-order valence-corrected chi connectivity index (χ0v) is 15.5. The molecule has 3 rings (SSSR count). The average Bonchev–Trinajstić information content (AvgIpc) is 2.69. The van der Waals surface area contributed by atoms with Crippen LogP contribution < -0.4 is 14.8 Å². The van der Waals surface area contributed by atoms with Crippen LogP contribution in [0.3, 0.4) is 0 Å². The number of amides is 1. The van der Waals surface area contributed by atoms with Crippen molar-refractivity contribution in [2.24, 2.45) is 0 Å². The molecule has 0 bridgehead atoms. The monoisotopic (exact) mass is 353 g/mol. The van der Waals surface area contributed by atoms with Crippen molar-refractivity contribution in [2.75, 3.05) is 13.7 Å². The van der Waals surface area contributed by atoms with Crippen molar-refractivity contribution < 1.29 is 14.3 Å². The third-order valence-electron chi connectivity index (χ3n) is 5.06. The standard InChI is InChI=1S/C22H27NO3/c1-3-26-20-14-11-18(15-21(20)25-2)22(24)23-19-12-9-17(10-13-19)16-7-5-4-6-8-16/h4-8,11,14-15,17,19H,3,9-10,12-13H2,1-2H3,(H,23,24). The van der Waals surface area contributed by atoms with Crippen LogP contribution in [0.1, 0.15) is 54.4 Å². The van der Waals surface area contributed by atoms with Gasteiger partial charge in [-0.15, -0.1) is 0 Å². The van der Waals surface area contributed by atoms with Gasteiger partial charge < -0.3 is 14.8 Å². The smallest absolute Gasteiger partial charge is 0.251 e. The van der Waals surface area contributed by atoms with Crippen LogP contribution in [-0.2, 0) is 0 Å². The molecule has 1 aliphatic rings. The highest BCUT2D eigenvalue weighted by Gasteiger charge is 2.24. The number of carbonyl (C=O) groups excluding carboxylic acids is 1. The average molecular weight is 353 g/mol. The van der Waals surface area contributed by atoms with Gasteiger partial charge in [-0.3, -0.25) is 4.79 Å². The Morgan fingerprint density at radius 2 is 1.77 bits per heavy atom. The van der Waals surface area contributed by atoms with Crippen LogP contribution >= 0.6 is 0 Å². The zero-order valence-electron chi connectivity index (χ0n) is 15.5. The molecule has 2 aromatic rings. The van der Waals surface area contributed by atoms with E-state index in [-0.39, 0.29) is 11.9 Å². The largest absolute Gasteiger partial charge is 0.493 e. The van der Waals surface area contributed by atoms with E-state index in [1.807, 2.05) is 6.92 Å². The summed E-state index contributed by atoms with van der Waals surface area (Å²) < 4.78 is 10.8. The topological polar surface area (TPSA) is 47.6 Å². The minimum atomic E-state index is -0.0468. The van der Waals surface area contributed by atoms with Gasteiger partial charge in [0, 0.05) is 11.6 Å². The normalized spacial score (nSPS) is 19.6. The Labute approximate surface area is 155 Å². The van der Waals surface area contributed by atoms with Crippen LogP contribution in [-0.4, -0.2) is 25.7 Å². The predicted molar refractivity (Wildman–Crippen MR) is 103 cm³/mol. The Morgan fingerprint density at radius 3 is 2.42 bits per heavy atom. The van der Waals surface area contributed by atoms with Gasteiger partial charge >= 0.3 is 0 Å². The van der Waals surface area contributed by atoms with E-state index in [1.54, 1.807) is 25.3 Å². The molecule has 26 heavy (non-hydrogen) atoms. The molecule has 0 saturated heterocycles. The second-order valence-electron chi connectivity index (χ2n) is 6.73. The zero-order chi connectivity index (χ0) is 18.4. The molecule has 1 fully saturated rings. The molecule has 0 spiro atoms. The lowest BCUT2D eigenvalue weighted by Crippen LogP contribution is -2.37. The summed E-state index contributed by atoms with van der Waals surface area (Å²) in [5.41, 5.74) is 2.02. The second-order valence-corrected chi connectivity index (χ2v) is 6.73. The first-order valence-electron chi connectivity index (χ1n) is 9.38. The Morgan fingerprint density at radius 1 is 1.04 bits per heavy atom. The lowest BCUT2D eigenvalue weighted by Gasteiger charge is -2.29. The SMILES string of the molecule is CCOc1ccc(C(=O)NC2CCC(c3ccccc3)CC2)cc1OC. The number of hydrogen-bond donors (Lipinski definition) is 1. The highest BCUT2D eigenvalue weighted by molar-refractivity contribution is 5.95. The van der Waals surface area contributed by atoms with Crippen LogP contribution in [0.15, 0.2) is 48.5 Å². The first-order chi connectivity index (χ1) is 12.7. The van der Waals surface area contributed by atoms with E-state index >= 15 is 0 Å². The molecule has 138 valence electrons. The van der Waals surface area contributed by atoms with Crippen molar-refractivity contribution in [3.05, 3.63) is 59.7 Å². The third kappa shape index (κ3) is 4.37. The number of benzene rings is 2. The van der Waals surface area contributed by atoms with Crippen LogP contribution in [0.4, 0.5) is 0 Å². The summed E-state index contributed by atoms with van der Waals surface area (Å²) in [6.45, 7) is 2.48. The lowest BCUT2D eigenvalue weighted by atomic mass is 9.82. The summed E-state index contributed by atoms with van der Waals surface area (Å²) in [5, 5.41) is 3.17. The number of ether oxygens (including phenoxy) is 2. The number of carbonyl (C=O) groups is 1. The molecule has 0 atom stereocenters. The maximum atomic E-state index is 12.6. The van der Waals surface area contributed by atoms with E-state index in [2.05, 4.69) is 35.6 Å². The van der Waals surface area contributed by atoms with Crippen molar-refractivity contribution in [2.45, 2.75) is 44.6 Å². The van der Waals surface area contributed by atoms with Gasteiger partial charge in [0.2, 0.25) is 0 Å². The molecule has 1 aliphatic carbocycles. The fourth-order valence-corrected chi connectivity index (χ4v) is 3.65.